The molecule has 4 rings (SSSR count). The molecule has 0 saturated heterocycles. The van der Waals surface area contributed by atoms with Crippen molar-refractivity contribution in [1.29, 1.82) is 0 Å². The summed E-state index contributed by atoms with van der Waals surface area (Å²) in [6.45, 7) is 2.16. The highest BCUT2D eigenvalue weighted by Crippen LogP contribution is 2.25. The predicted molar refractivity (Wildman–Crippen MR) is 101 cm³/mol. The maximum atomic E-state index is 4.74. The number of hydrogen-bond donors (Lipinski definition) is 1. The van der Waals surface area contributed by atoms with Crippen molar-refractivity contribution in [3.8, 4) is 11.4 Å². The number of nitrogens with zero attached hydrogens (tertiary/aromatic N) is 5. The van der Waals surface area contributed by atoms with Gasteiger partial charge in [0.15, 0.2) is 11.5 Å². The van der Waals surface area contributed by atoms with Gasteiger partial charge in [0.2, 0.25) is 0 Å². The first-order valence-electron chi connectivity index (χ1n) is 8.10. The highest BCUT2D eigenvalue weighted by molar-refractivity contribution is 7.09. The number of anilines is 1. The molecule has 0 spiro atoms. The fourth-order valence-electron chi connectivity index (χ4n) is 2.77. The minimum atomic E-state index is 0.249. The lowest BCUT2D eigenvalue weighted by Gasteiger charge is -2.15. The molecule has 6 nitrogen and oxygen atoms in total. The van der Waals surface area contributed by atoms with Crippen LogP contribution in [0.15, 0.2) is 48.2 Å². The Morgan fingerprint density at radius 2 is 2.12 bits per heavy atom. The summed E-state index contributed by atoms with van der Waals surface area (Å²) < 4.78 is 1.77. The molecule has 1 N–H and O–H groups in total. The first-order valence-corrected chi connectivity index (χ1v) is 8.98. The van der Waals surface area contributed by atoms with E-state index < -0.39 is 0 Å². The van der Waals surface area contributed by atoms with Crippen molar-refractivity contribution < 1.29 is 0 Å². The van der Waals surface area contributed by atoms with Crippen molar-refractivity contribution in [2.75, 3.05) is 5.32 Å². The summed E-state index contributed by atoms with van der Waals surface area (Å²) in [4.78, 5) is 14.9. The Morgan fingerprint density at radius 3 is 2.88 bits per heavy atom. The Hall–Kier alpha value is -2.80. The maximum Gasteiger partial charge on any atom is 0.165 e. The van der Waals surface area contributed by atoms with E-state index >= 15 is 0 Å². The van der Waals surface area contributed by atoms with Gasteiger partial charge in [0.1, 0.15) is 5.82 Å². The van der Waals surface area contributed by atoms with Crippen LogP contribution in [0.25, 0.3) is 22.4 Å². The SMILES string of the molecule is C[C@H](Cc1cccs1)Nc1nc(-c2cccnc2)nc2c1cnn2C. The van der Waals surface area contributed by atoms with Crippen LogP contribution in [0.2, 0.25) is 0 Å². The normalized spacial score (nSPS) is 12.4. The summed E-state index contributed by atoms with van der Waals surface area (Å²) >= 11 is 1.77. The number of aromatic nitrogens is 5. The fraction of sp³-hybridized carbons (Fsp3) is 0.222. The van der Waals surface area contributed by atoms with Gasteiger partial charge in [0.05, 0.1) is 11.6 Å². The maximum absolute atomic E-state index is 4.74. The second-order valence-corrected chi connectivity index (χ2v) is 7.00. The van der Waals surface area contributed by atoms with Crippen LogP contribution in [0, 0.1) is 0 Å². The monoisotopic (exact) mass is 350 g/mol. The summed E-state index contributed by atoms with van der Waals surface area (Å²) in [5, 5.41) is 10.9. The Bertz CT molecular complexity index is 978. The van der Waals surface area contributed by atoms with Crippen LogP contribution in [0.5, 0.6) is 0 Å². The summed E-state index contributed by atoms with van der Waals surface area (Å²) in [6, 6.07) is 8.33. The van der Waals surface area contributed by atoms with Crippen molar-refractivity contribution in [3.63, 3.8) is 0 Å². The van der Waals surface area contributed by atoms with Crippen molar-refractivity contribution in [3.05, 3.63) is 53.1 Å². The zero-order valence-electron chi connectivity index (χ0n) is 14.0. The summed E-state index contributed by atoms with van der Waals surface area (Å²) in [5.74, 6) is 1.45. The third-order valence-electron chi connectivity index (χ3n) is 3.98. The zero-order valence-corrected chi connectivity index (χ0v) is 14.9. The molecule has 0 aliphatic heterocycles. The molecule has 0 unspecified atom stereocenters. The molecule has 0 aliphatic rings. The van der Waals surface area contributed by atoms with Gasteiger partial charge < -0.3 is 5.32 Å². The Kier molecular flexibility index (Phi) is 4.15. The second-order valence-electron chi connectivity index (χ2n) is 5.97. The van der Waals surface area contributed by atoms with Crippen LogP contribution in [0.3, 0.4) is 0 Å². The number of nitrogens with one attached hydrogen (secondary N) is 1. The topological polar surface area (TPSA) is 68.5 Å². The molecular weight excluding hydrogens is 332 g/mol. The second kappa shape index (κ2) is 6.60. The molecule has 0 aliphatic carbocycles. The molecule has 0 saturated carbocycles. The first-order chi connectivity index (χ1) is 12.2. The predicted octanol–water partition coefficient (Wildman–Crippen LogP) is 3.53. The van der Waals surface area contributed by atoms with Crippen LogP contribution in [-0.2, 0) is 13.5 Å². The summed E-state index contributed by atoms with van der Waals surface area (Å²) in [5.41, 5.74) is 1.69. The van der Waals surface area contributed by atoms with Crippen LogP contribution in [0.4, 0.5) is 5.82 Å². The molecule has 1 atom stereocenters. The minimum Gasteiger partial charge on any atom is -0.367 e. The third-order valence-corrected chi connectivity index (χ3v) is 4.88. The van der Waals surface area contributed by atoms with Crippen LogP contribution in [0.1, 0.15) is 11.8 Å². The van der Waals surface area contributed by atoms with E-state index in [1.165, 1.54) is 4.88 Å². The Morgan fingerprint density at radius 1 is 1.20 bits per heavy atom. The fourth-order valence-corrected chi connectivity index (χ4v) is 3.61. The Labute approximate surface area is 149 Å². The highest BCUT2D eigenvalue weighted by Gasteiger charge is 2.15. The van der Waals surface area contributed by atoms with Crippen molar-refractivity contribution in [1.82, 2.24) is 24.7 Å². The standard InChI is InChI=1S/C18H18N6S/c1-12(9-14-6-4-8-25-14)21-17-15-11-20-24(2)18(15)23-16(22-17)13-5-3-7-19-10-13/h3-8,10-12H,9H2,1-2H3,(H,21,22,23)/t12-/m1/s1. The molecule has 0 aromatic carbocycles. The van der Waals surface area contributed by atoms with Crippen molar-refractivity contribution in [2.24, 2.45) is 7.05 Å². The highest BCUT2D eigenvalue weighted by atomic mass is 32.1. The number of rotatable bonds is 5. The van der Waals surface area contributed by atoms with Gasteiger partial charge in [-0.2, -0.15) is 5.10 Å². The van der Waals surface area contributed by atoms with Crippen LogP contribution >= 0.6 is 11.3 Å². The molecule has 4 heterocycles. The van der Waals surface area contributed by atoms with Crippen molar-refractivity contribution in [2.45, 2.75) is 19.4 Å². The number of pyridine rings is 1. The molecule has 126 valence electrons. The quantitative estimate of drug-likeness (QED) is 0.596. The van der Waals surface area contributed by atoms with E-state index in [1.807, 2.05) is 25.4 Å². The van der Waals surface area contributed by atoms with Crippen LogP contribution in [-0.4, -0.2) is 30.8 Å². The van der Waals surface area contributed by atoms with E-state index in [1.54, 1.807) is 28.4 Å². The zero-order chi connectivity index (χ0) is 17.2. The molecule has 4 aromatic heterocycles. The minimum absolute atomic E-state index is 0.249. The van der Waals surface area contributed by atoms with Gasteiger partial charge in [-0.05, 0) is 30.5 Å². The lowest BCUT2D eigenvalue weighted by molar-refractivity contribution is 0.784. The number of aryl methyl sites for hydroxylation is 1. The lowest BCUT2D eigenvalue weighted by atomic mass is 10.2. The summed E-state index contributed by atoms with van der Waals surface area (Å²) in [7, 11) is 1.89. The molecule has 0 bridgehead atoms. The van der Waals surface area contributed by atoms with Crippen LogP contribution < -0.4 is 5.32 Å². The van der Waals surface area contributed by atoms with E-state index in [9.17, 15) is 0 Å². The van der Waals surface area contributed by atoms with E-state index in [2.05, 4.69) is 44.8 Å². The van der Waals surface area contributed by atoms with Gasteiger partial charge in [-0.1, -0.05) is 6.07 Å². The lowest BCUT2D eigenvalue weighted by Crippen LogP contribution is -2.19. The van der Waals surface area contributed by atoms with Gasteiger partial charge in [-0.15, -0.1) is 11.3 Å². The van der Waals surface area contributed by atoms with Gasteiger partial charge in [-0.3, -0.25) is 9.67 Å². The first kappa shape index (κ1) is 15.7. The van der Waals surface area contributed by atoms with Gasteiger partial charge in [0, 0.05) is 42.3 Å². The Balaban J connectivity index is 1.71. The van der Waals surface area contributed by atoms with E-state index in [-0.39, 0.29) is 6.04 Å². The third kappa shape index (κ3) is 3.23. The molecule has 0 fully saturated rings. The number of fused-ring (bicyclic) bond motifs is 1. The smallest absolute Gasteiger partial charge is 0.165 e. The molecule has 0 radical (unpaired) electrons. The van der Waals surface area contributed by atoms with E-state index in [4.69, 9.17) is 4.98 Å². The van der Waals surface area contributed by atoms with Crippen molar-refractivity contribution >= 4 is 28.2 Å². The summed E-state index contributed by atoms with van der Waals surface area (Å²) in [6.07, 6.45) is 6.28. The number of thiophene rings is 1. The van der Waals surface area contributed by atoms with Gasteiger partial charge >= 0.3 is 0 Å². The molecule has 7 heteroatoms. The number of hydrogen-bond acceptors (Lipinski definition) is 6. The average molecular weight is 350 g/mol. The van der Waals surface area contributed by atoms with Gasteiger partial charge in [0.25, 0.3) is 0 Å². The molecule has 4 aromatic rings. The van der Waals surface area contributed by atoms with Gasteiger partial charge in [-0.25, -0.2) is 9.97 Å². The molecular formula is C18H18N6S. The average Bonchev–Trinajstić information content (AvgIpc) is 3.26. The molecule has 25 heavy (non-hydrogen) atoms. The largest absolute Gasteiger partial charge is 0.367 e. The molecule has 0 amide bonds. The van der Waals surface area contributed by atoms with E-state index in [0.717, 1.165) is 28.8 Å². The van der Waals surface area contributed by atoms with E-state index in [0.29, 0.717) is 5.82 Å².